The molecule has 0 spiro atoms. The van der Waals surface area contributed by atoms with E-state index in [2.05, 4.69) is 22.7 Å². The Balaban J connectivity index is 2.19. The highest BCUT2D eigenvalue weighted by atomic mass is 19.3. The minimum absolute atomic E-state index is 0.0909. The number of alkyl halides is 2. The van der Waals surface area contributed by atoms with E-state index in [1.165, 1.54) is 6.07 Å². The first kappa shape index (κ1) is 22.0. The van der Waals surface area contributed by atoms with Crippen molar-refractivity contribution in [3.05, 3.63) is 77.1 Å². The smallest absolute Gasteiger partial charge is 0.394 e. The monoisotopic (exact) mass is 398 g/mol. The third-order valence-corrected chi connectivity index (χ3v) is 3.91. The molecule has 0 fully saturated rings. The molecule has 0 amide bonds. The van der Waals surface area contributed by atoms with Gasteiger partial charge >= 0.3 is 6.11 Å². The second kappa shape index (κ2) is 9.24. The minimum Gasteiger partial charge on any atom is -0.489 e. The van der Waals surface area contributed by atoms with Gasteiger partial charge in [0.25, 0.3) is 0 Å². The summed E-state index contributed by atoms with van der Waals surface area (Å²) in [6, 6.07) is 14.4. The van der Waals surface area contributed by atoms with Gasteiger partial charge in [0, 0.05) is 12.6 Å². The summed E-state index contributed by atoms with van der Waals surface area (Å²) < 4.78 is 36.7. The molecule has 2 aromatic rings. The lowest BCUT2D eigenvalue weighted by molar-refractivity contribution is -0.159. The van der Waals surface area contributed by atoms with Crippen LogP contribution in [0.1, 0.15) is 37.5 Å². The van der Waals surface area contributed by atoms with Crippen LogP contribution >= 0.6 is 0 Å². The summed E-state index contributed by atoms with van der Waals surface area (Å²) in [7, 11) is 0. The van der Waals surface area contributed by atoms with Gasteiger partial charge in [-0.3, -0.25) is 0 Å². The van der Waals surface area contributed by atoms with Gasteiger partial charge in [0.15, 0.2) is 0 Å². The molecule has 0 radical (unpaired) electrons. The molecule has 0 unspecified atom stereocenters. The quantitative estimate of drug-likeness (QED) is 0.559. The molecular formula is C23H24F2N2O2. The van der Waals surface area contributed by atoms with Crippen LogP contribution in [0.15, 0.2) is 60.4 Å². The first-order valence-corrected chi connectivity index (χ1v) is 9.01. The summed E-state index contributed by atoms with van der Waals surface area (Å²) in [5.41, 5.74) is 4.18. The number of allylic oxidation sites excluding steroid dienone is 3. The summed E-state index contributed by atoms with van der Waals surface area (Å²) in [6.45, 7) is 10.1. The summed E-state index contributed by atoms with van der Waals surface area (Å²) >= 11 is 0. The van der Waals surface area contributed by atoms with Crippen molar-refractivity contribution in [2.45, 2.75) is 40.4 Å². The fraction of sp³-hybridized carbons (Fsp3) is 0.261. The summed E-state index contributed by atoms with van der Waals surface area (Å²) in [6.07, 6.45) is -3.25. The Morgan fingerprint density at radius 2 is 1.90 bits per heavy atom. The van der Waals surface area contributed by atoms with E-state index in [0.29, 0.717) is 29.6 Å². The largest absolute Gasteiger partial charge is 0.489 e. The average molecular weight is 398 g/mol. The summed E-state index contributed by atoms with van der Waals surface area (Å²) in [5.74, 6) is 0.687. The molecule has 0 aromatic heterocycles. The molecule has 0 saturated carbocycles. The van der Waals surface area contributed by atoms with Gasteiger partial charge in [-0.1, -0.05) is 24.8 Å². The molecule has 6 heteroatoms. The molecule has 0 aliphatic carbocycles. The molecule has 1 N–H and O–H groups in total. The number of aryl methyl sites for hydroxylation is 1. The molecule has 0 bridgehead atoms. The van der Waals surface area contributed by atoms with Gasteiger partial charge in [-0.25, -0.2) is 0 Å². The van der Waals surface area contributed by atoms with Gasteiger partial charge in [-0.05, 0) is 67.3 Å². The van der Waals surface area contributed by atoms with Crippen molar-refractivity contribution in [3.8, 4) is 17.6 Å². The van der Waals surface area contributed by atoms with E-state index >= 15 is 0 Å². The predicted molar refractivity (Wildman–Crippen MR) is 109 cm³/mol. The van der Waals surface area contributed by atoms with E-state index in [1.54, 1.807) is 26.0 Å². The predicted octanol–water partition coefficient (Wildman–Crippen LogP) is 5.94. The third-order valence-electron chi connectivity index (χ3n) is 3.91. The Morgan fingerprint density at radius 1 is 1.17 bits per heavy atom. The van der Waals surface area contributed by atoms with E-state index in [0.717, 1.165) is 16.7 Å². The van der Waals surface area contributed by atoms with Crippen LogP contribution in [0.3, 0.4) is 0 Å². The van der Waals surface area contributed by atoms with Gasteiger partial charge < -0.3 is 14.8 Å². The maximum atomic E-state index is 13.1. The van der Waals surface area contributed by atoms with Crippen LogP contribution in [0.25, 0.3) is 5.57 Å². The second-order valence-corrected chi connectivity index (χ2v) is 6.90. The van der Waals surface area contributed by atoms with Gasteiger partial charge in [-0.2, -0.15) is 14.0 Å². The summed E-state index contributed by atoms with van der Waals surface area (Å²) in [5, 5.41) is 12.3. The number of hydrogen-bond acceptors (Lipinski definition) is 4. The number of rotatable bonds is 8. The van der Waals surface area contributed by atoms with Crippen LogP contribution in [-0.2, 0) is 6.61 Å². The van der Waals surface area contributed by atoms with Crippen LogP contribution < -0.4 is 14.8 Å². The van der Waals surface area contributed by atoms with Crippen LogP contribution in [0, 0.1) is 18.3 Å². The Morgan fingerprint density at radius 3 is 2.52 bits per heavy atom. The van der Waals surface area contributed by atoms with Crippen LogP contribution in [-0.4, -0.2) is 6.11 Å². The Labute approximate surface area is 170 Å². The minimum atomic E-state index is -3.25. The molecule has 152 valence electrons. The highest BCUT2D eigenvalue weighted by Crippen LogP contribution is 2.26. The number of hydrogen-bond donors (Lipinski definition) is 1. The van der Waals surface area contributed by atoms with E-state index in [4.69, 9.17) is 4.74 Å². The average Bonchev–Trinajstić information content (AvgIpc) is 2.62. The topological polar surface area (TPSA) is 54.3 Å². The maximum absolute atomic E-state index is 13.1. The fourth-order valence-electron chi connectivity index (χ4n) is 2.72. The van der Waals surface area contributed by atoms with Crippen molar-refractivity contribution in [3.63, 3.8) is 0 Å². The number of benzene rings is 2. The van der Waals surface area contributed by atoms with Crippen molar-refractivity contribution < 1.29 is 18.3 Å². The van der Waals surface area contributed by atoms with Crippen molar-refractivity contribution in [1.29, 1.82) is 5.26 Å². The van der Waals surface area contributed by atoms with Crippen LogP contribution in [0.2, 0.25) is 0 Å². The van der Waals surface area contributed by atoms with Crippen molar-refractivity contribution in [2.24, 2.45) is 0 Å². The van der Waals surface area contributed by atoms with E-state index in [9.17, 15) is 14.0 Å². The maximum Gasteiger partial charge on any atom is 0.394 e. The summed E-state index contributed by atoms with van der Waals surface area (Å²) in [4.78, 5) is 0. The highest BCUT2D eigenvalue weighted by Gasteiger charge is 2.23. The van der Waals surface area contributed by atoms with Gasteiger partial charge in [0.2, 0.25) is 0 Å². The molecule has 2 rings (SSSR count). The molecule has 0 atom stereocenters. The first-order chi connectivity index (χ1) is 13.6. The third kappa shape index (κ3) is 6.96. The van der Waals surface area contributed by atoms with Crippen molar-refractivity contribution in [2.75, 3.05) is 0 Å². The number of halogens is 2. The lowest BCUT2D eigenvalue weighted by atomic mass is 10.1. The molecule has 0 heterocycles. The highest BCUT2D eigenvalue weighted by molar-refractivity contribution is 5.70. The zero-order valence-electron chi connectivity index (χ0n) is 17.0. The van der Waals surface area contributed by atoms with Gasteiger partial charge in [0.1, 0.15) is 29.9 Å². The zero-order valence-corrected chi connectivity index (χ0v) is 17.0. The SMILES string of the molecule is C=C(C)N/C(C#N)=C(\C)c1cccc(OCc2cc(C)cc(OC(C)(F)F)c2)c1. The fourth-order valence-corrected chi connectivity index (χ4v) is 2.72. The lowest BCUT2D eigenvalue weighted by Gasteiger charge is -2.15. The van der Waals surface area contributed by atoms with Crippen LogP contribution in [0.5, 0.6) is 11.5 Å². The molecule has 2 aromatic carbocycles. The van der Waals surface area contributed by atoms with Crippen LogP contribution in [0.4, 0.5) is 8.78 Å². The van der Waals surface area contributed by atoms with Crippen molar-refractivity contribution >= 4 is 5.57 Å². The zero-order chi connectivity index (χ0) is 21.6. The molecule has 29 heavy (non-hydrogen) atoms. The molecule has 4 nitrogen and oxygen atoms in total. The number of nitriles is 1. The van der Waals surface area contributed by atoms with Crippen molar-refractivity contribution in [1.82, 2.24) is 5.32 Å². The number of nitrogens with one attached hydrogen (secondary N) is 1. The second-order valence-electron chi connectivity index (χ2n) is 6.90. The first-order valence-electron chi connectivity index (χ1n) is 9.01. The molecule has 0 aliphatic rings. The van der Waals surface area contributed by atoms with Gasteiger partial charge in [0.05, 0.1) is 0 Å². The van der Waals surface area contributed by atoms with E-state index in [-0.39, 0.29) is 12.4 Å². The number of nitrogens with zero attached hydrogens (tertiary/aromatic N) is 1. The molecule has 0 aliphatic heterocycles. The molecular weight excluding hydrogens is 374 g/mol. The normalized spacial score (nSPS) is 11.9. The van der Waals surface area contributed by atoms with E-state index < -0.39 is 6.11 Å². The Kier molecular flexibility index (Phi) is 7.00. The standard InChI is InChI=1S/C23H24F2N2O2/c1-15(2)27-22(13-26)17(4)19-7-6-8-20(12-19)28-14-18-9-16(3)10-21(11-18)29-23(5,24)25/h6-12,27H,1,14H2,2-5H3/b22-17+. The lowest BCUT2D eigenvalue weighted by Crippen LogP contribution is -2.19. The van der Waals surface area contributed by atoms with E-state index in [1.807, 2.05) is 31.2 Å². The Hall–Kier alpha value is -3.33. The molecule has 0 saturated heterocycles. The van der Waals surface area contributed by atoms with Gasteiger partial charge in [-0.15, -0.1) is 0 Å². The Bertz CT molecular complexity index is 970. The number of ether oxygens (including phenoxy) is 2.